The number of fused-ring (bicyclic) bond motifs is 1. The lowest BCUT2D eigenvalue weighted by Crippen LogP contribution is -1.95. The smallest absolute Gasteiger partial charge is 0.149 e. The first kappa shape index (κ1) is 19.8. The summed E-state index contributed by atoms with van der Waals surface area (Å²) in [6.07, 6.45) is 3.64. The molecule has 3 nitrogen and oxygen atoms in total. The van der Waals surface area contributed by atoms with Crippen LogP contribution in [0.4, 0.5) is 4.39 Å². The monoisotopic (exact) mass is 445 g/mol. The molecule has 0 aliphatic heterocycles. The van der Waals surface area contributed by atoms with E-state index in [2.05, 4.69) is 32.9 Å². The Labute approximate surface area is 188 Å². The van der Waals surface area contributed by atoms with Crippen molar-refractivity contribution >= 4 is 34.4 Å². The van der Waals surface area contributed by atoms with E-state index in [1.54, 1.807) is 18.5 Å². The van der Waals surface area contributed by atoms with E-state index in [0.29, 0.717) is 16.3 Å². The first-order chi connectivity index (χ1) is 15.2. The van der Waals surface area contributed by atoms with Crippen LogP contribution in [0.3, 0.4) is 0 Å². The molecule has 0 aliphatic carbocycles. The van der Waals surface area contributed by atoms with E-state index in [-0.39, 0.29) is 5.82 Å². The molecule has 0 saturated carbocycles. The fourth-order valence-electron chi connectivity index (χ4n) is 3.58. The van der Waals surface area contributed by atoms with Crippen LogP contribution in [0.15, 0.2) is 96.4 Å². The molecule has 6 heteroatoms. The highest BCUT2D eigenvalue weighted by Crippen LogP contribution is 2.38. The molecule has 0 amide bonds. The van der Waals surface area contributed by atoms with Crippen LogP contribution in [0.25, 0.3) is 27.8 Å². The molecule has 0 unspecified atom stereocenters. The van der Waals surface area contributed by atoms with Crippen LogP contribution in [-0.4, -0.2) is 14.5 Å². The summed E-state index contributed by atoms with van der Waals surface area (Å²) >= 11 is 7.69. The second kappa shape index (κ2) is 8.53. The lowest BCUT2D eigenvalue weighted by Gasteiger charge is -2.08. The second-order valence-corrected chi connectivity index (χ2v) is 8.35. The van der Waals surface area contributed by atoms with Crippen molar-refractivity contribution in [2.75, 3.05) is 0 Å². The highest BCUT2D eigenvalue weighted by Gasteiger charge is 2.18. The average molecular weight is 446 g/mol. The molecule has 0 aliphatic rings. The van der Waals surface area contributed by atoms with Crippen LogP contribution >= 0.6 is 23.4 Å². The van der Waals surface area contributed by atoms with E-state index >= 15 is 0 Å². The van der Waals surface area contributed by atoms with Crippen molar-refractivity contribution in [3.8, 4) is 16.8 Å². The summed E-state index contributed by atoms with van der Waals surface area (Å²) in [5, 5.41) is 2.15. The van der Waals surface area contributed by atoms with Gasteiger partial charge in [0.15, 0.2) is 0 Å². The number of para-hydroxylation sites is 1. The zero-order chi connectivity index (χ0) is 21.2. The third kappa shape index (κ3) is 3.82. The predicted octanol–water partition coefficient (Wildman–Crippen LogP) is 7.17. The Hall–Kier alpha value is -3.15. The quantitative estimate of drug-likeness (QED) is 0.212. The van der Waals surface area contributed by atoms with Gasteiger partial charge in [0.25, 0.3) is 0 Å². The van der Waals surface area contributed by atoms with Crippen molar-refractivity contribution in [3.63, 3.8) is 0 Å². The van der Waals surface area contributed by atoms with E-state index in [1.165, 1.54) is 17.8 Å². The molecule has 0 N–H and O–H groups in total. The highest BCUT2D eigenvalue weighted by atomic mass is 35.5. The Balaban J connectivity index is 1.66. The minimum Gasteiger partial charge on any atom is -0.301 e. The van der Waals surface area contributed by atoms with Gasteiger partial charge < -0.3 is 4.57 Å². The van der Waals surface area contributed by atoms with Gasteiger partial charge in [0.1, 0.15) is 22.8 Å². The van der Waals surface area contributed by atoms with Crippen molar-refractivity contribution in [3.05, 3.63) is 108 Å². The molecule has 0 saturated heterocycles. The Morgan fingerprint density at radius 1 is 0.871 bits per heavy atom. The van der Waals surface area contributed by atoms with Crippen molar-refractivity contribution in [2.45, 2.75) is 10.8 Å². The van der Waals surface area contributed by atoms with Gasteiger partial charge in [0.2, 0.25) is 0 Å². The molecule has 2 heterocycles. The van der Waals surface area contributed by atoms with Crippen LogP contribution in [0, 0.1) is 5.82 Å². The first-order valence-corrected chi connectivity index (χ1v) is 11.1. The largest absolute Gasteiger partial charge is 0.301 e. The number of halogens is 2. The van der Waals surface area contributed by atoms with Gasteiger partial charge in [-0.05, 0) is 29.8 Å². The van der Waals surface area contributed by atoms with Crippen molar-refractivity contribution < 1.29 is 4.39 Å². The minimum absolute atomic E-state index is 0.310. The van der Waals surface area contributed by atoms with E-state index < -0.39 is 0 Å². The lowest BCUT2D eigenvalue weighted by molar-refractivity contribution is 0.617. The number of benzene rings is 3. The Kier molecular flexibility index (Phi) is 5.45. The van der Waals surface area contributed by atoms with E-state index in [1.807, 2.05) is 48.5 Å². The summed E-state index contributed by atoms with van der Waals surface area (Å²) in [7, 11) is 0. The Bertz CT molecular complexity index is 1330. The molecule has 0 radical (unpaired) electrons. The minimum atomic E-state index is -0.310. The van der Waals surface area contributed by atoms with E-state index in [0.717, 1.165) is 32.9 Å². The maximum absolute atomic E-state index is 14.3. The molecule has 5 rings (SSSR count). The Morgan fingerprint density at radius 2 is 1.61 bits per heavy atom. The van der Waals surface area contributed by atoms with Crippen LogP contribution in [0.2, 0.25) is 5.02 Å². The van der Waals surface area contributed by atoms with Gasteiger partial charge in [-0.3, -0.25) is 0 Å². The first-order valence-electron chi connectivity index (χ1n) is 9.75. The summed E-state index contributed by atoms with van der Waals surface area (Å²) in [5.74, 6) is 0.0676. The molecule has 0 fully saturated rings. The Morgan fingerprint density at radius 3 is 2.35 bits per heavy atom. The molecule has 152 valence electrons. The predicted molar refractivity (Wildman–Crippen MR) is 125 cm³/mol. The lowest BCUT2D eigenvalue weighted by atomic mass is 10.1. The molecule has 2 aromatic heterocycles. The second-order valence-electron chi connectivity index (χ2n) is 6.98. The van der Waals surface area contributed by atoms with Gasteiger partial charge in [0, 0.05) is 33.8 Å². The molecule has 0 spiro atoms. The summed E-state index contributed by atoms with van der Waals surface area (Å²) in [6.45, 7) is 0. The number of aromatic nitrogens is 3. The van der Waals surface area contributed by atoms with Gasteiger partial charge in [-0.15, -0.1) is 11.8 Å². The maximum atomic E-state index is 14.3. The summed E-state index contributed by atoms with van der Waals surface area (Å²) in [4.78, 5) is 9.14. The molecule has 0 atom stereocenters. The third-order valence-electron chi connectivity index (χ3n) is 5.08. The fourth-order valence-corrected chi connectivity index (χ4v) is 4.93. The van der Waals surface area contributed by atoms with Crippen LogP contribution in [-0.2, 0) is 5.75 Å². The molecular weight excluding hydrogens is 429 g/mol. The average Bonchev–Trinajstić information content (AvgIpc) is 3.20. The van der Waals surface area contributed by atoms with Crippen molar-refractivity contribution in [2.24, 2.45) is 0 Å². The number of hydrogen-bond donors (Lipinski definition) is 0. The fraction of sp³-hybridized carbons (Fsp3) is 0.0400. The molecule has 0 bridgehead atoms. The molecular formula is C25H17ClFN3S. The zero-order valence-electron chi connectivity index (χ0n) is 16.4. The number of rotatable bonds is 5. The van der Waals surface area contributed by atoms with Crippen LogP contribution < -0.4 is 0 Å². The summed E-state index contributed by atoms with van der Waals surface area (Å²) < 4.78 is 16.4. The standard InChI is InChI=1S/C25H17ClFN3S/c26-21-12-7-13-22(27)20(21)15-31-25-23-19(17-8-3-1-4-9-17)14-30(24(23)28-16-29-25)18-10-5-2-6-11-18/h1-14,16H,15H2. The van der Waals surface area contributed by atoms with Gasteiger partial charge >= 0.3 is 0 Å². The number of hydrogen-bond acceptors (Lipinski definition) is 3. The maximum Gasteiger partial charge on any atom is 0.149 e. The number of nitrogens with zero attached hydrogens (tertiary/aromatic N) is 3. The van der Waals surface area contributed by atoms with Gasteiger partial charge in [0.05, 0.1) is 5.39 Å². The number of thioether (sulfide) groups is 1. The highest BCUT2D eigenvalue weighted by molar-refractivity contribution is 7.98. The van der Waals surface area contributed by atoms with Crippen molar-refractivity contribution in [1.29, 1.82) is 0 Å². The van der Waals surface area contributed by atoms with E-state index in [9.17, 15) is 4.39 Å². The van der Waals surface area contributed by atoms with Crippen LogP contribution in [0.5, 0.6) is 0 Å². The summed E-state index contributed by atoms with van der Waals surface area (Å²) in [6, 6.07) is 25.0. The summed E-state index contributed by atoms with van der Waals surface area (Å²) in [5.41, 5.74) is 4.40. The van der Waals surface area contributed by atoms with Gasteiger partial charge in [-0.25, -0.2) is 14.4 Å². The zero-order valence-corrected chi connectivity index (χ0v) is 17.9. The molecule has 31 heavy (non-hydrogen) atoms. The van der Waals surface area contributed by atoms with E-state index in [4.69, 9.17) is 11.6 Å². The molecule has 3 aromatic carbocycles. The van der Waals surface area contributed by atoms with Crippen LogP contribution in [0.1, 0.15) is 5.56 Å². The normalized spacial score (nSPS) is 11.2. The molecule has 5 aromatic rings. The topological polar surface area (TPSA) is 30.7 Å². The van der Waals surface area contributed by atoms with Gasteiger partial charge in [-0.2, -0.15) is 0 Å². The van der Waals surface area contributed by atoms with Gasteiger partial charge in [-0.1, -0.05) is 66.2 Å². The third-order valence-corrected chi connectivity index (χ3v) is 6.45. The SMILES string of the molecule is Fc1cccc(Cl)c1CSc1ncnc2c1c(-c1ccccc1)cn2-c1ccccc1. The van der Waals surface area contributed by atoms with Crippen molar-refractivity contribution in [1.82, 2.24) is 14.5 Å².